The molecule has 134 valence electrons. The van der Waals surface area contributed by atoms with Crippen molar-refractivity contribution in [2.75, 3.05) is 10.6 Å². The number of nitrogens with one attached hydrogen (secondary N) is 2. The Morgan fingerprint density at radius 3 is 2.46 bits per heavy atom. The highest BCUT2D eigenvalue weighted by Crippen LogP contribution is 2.27. The highest BCUT2D eigenvalue weighted by Gasteiger charge is 2.18. The molecule has 0 aliphatic heterocycles. The Bertz CT molecular complexity index is 967. The van der Waals surface area contributed by atoms with Crippen molar-refractivity contribution in [3.63, 3.8) is 0 Å². The van der Waals surface area contributed by atoms with Crippen LogP contribution in [0.2, 0.25) is 0 Å². The molecular weight excluding hydrogens is 348 g/mol. The molecule has 0 saturated carbocycles. The maximum Gasteiger partial charge on any atom is 0.237 e. The number of carbonyl (C=O) groups excluding carboxylic acids is 2. The van der Waals surface area contributed by atoms with Crippen LogP contribution in [0.25, 0.3) is 11.0 Å². The Hall–Kier alpha value is -2.80. The summed E-state index contributed by atoms with van der Waals surface area (Å²) < 4.78 is 1.99. The minimum Gasteiger partial charge on any atom is -0.326 e. The predicted molar refractivity (Wildman–Crippen MR) is 105 cm³/mol. The van der Waals surface area contributed by atoms with Gasteiger partial charge in [0.2, 0.25) is 11.8 Å². The number of amides is 2. The molecular formula is C19H20N4O2S. The summed E-state index contributed by atoms with van der Waals surface area (Å²) in [5.74, 6) is -0.277. The van der Waals surface area contributed by atoms with Crippen molar-refractivity contribution >= 4 is 46.0 Å². The highest BCUT2D eigenvalue weighted by atomic mass is 32.2. The molecule has 3 rings (SSSR count). The number of anilines is 2. The Morgan fingerprint density at radius 1 is 1.08 bits per heavy atom. The molecule has 3 aromatic rings. The van der Waals surface area contributed by atoms with E-state index in [0.29, 0.717) is 11.4 Å². The van der Waals surface area contributed by atoms with Crippen LogP contribution in [0.3, 0.4) is 0 Å². The zero-order valence-electron chi connectivity index (χ0n) is 14.8. The van der Waals surface area contributed by atoms with Gasteiger partial charge in [-0.15, -0.1) is 0 Å². The van der Waals surface area contributed by atoms with E-state index < -0.39 is 0 Å². The second-order valence-electron chi connectivity index (χ2n) is 5.95. The fraction of sp³-hybridized carbons (Fsp3) is 0.211. The minimum atomic E-state index is -0.324. The van der Waals surface area contributed by atoms with E-state index in [0.717, 1.165) is 16.2 Å². The molecule has 1 heterocycles. The molecule has 0 radical (unpaired) electrons. The fourth-order valence-electron chi connectivity index (χ4n) is 2.56. The summed E-state index contributed by atoms with van der Waals surface area (Å²) in [7, 11) is 1.94. The Morgan fingerprint density at radius 2 is 1.77 bits per heavy atom. The molecule has 0 aliphatic rings. The second-order valence-corrected chi connectivity index (χ2v) is 7.26. The standard InChI is InChI=1S/C19H20N4O2S/c1-12(26-19-22-16-9-4-5-10-17(16)23(19)3)18(25)21-15-8-6-7-14(11-15)20-13(2)24/h4-12H,1-3H3,(H,20,24)(H,21,25). The molecule has 1 unspecified atom stereocenters. The highest BCUT2D eigenvalue weighted by molar-refractivity contribution is 8.00. The number of imidazole rings is 1. The predicted octanol–water partition coefficient (Wildman–Crippen LogP) is 3.65. The molecule has 0 bridgehead atoms. The minimum absolute atomic E-state index is 0.123. The van der Waals surface area contributed by atoms with Gasteiger partial charge in [0, 0.05) is 25.3 Å². The van der Waals surface area contributed by atoms with Crippen LogP contribution in [0.15, 0.2) is 53.7 Å². The summed E-state index contributed by atoms with van der Waals surface area (Å²) in [4.78, 5) is 28.3. The summed E-state index contributed by atoms with van der Waals surface area (Å²) in [5.41, 5.74) is 3.23. The molecule has 6 nitrogen and oxygen atoms in total. The zero-order chi connectivity index (χ0) is 18.7. The maximum absolute atomic E-state index is 12.5. The van der Waals surface area contributed by atoms with Gasteiger partial charge in [-0.2, -0.15) is 0 Å². The summed E-state index contributed by atoms with van der Waals surface area (Å²) in [6.07, 6.45) is 0. The van der Waals surface area contributed by atoms with Gasteiger partial charge in [-0.1, -0.05) is 30.0 Å². The van der Waals surface area contributed by atoms with Gasteiger partial charge < -0.3 is 15.2 Å². The van der Waals surface area contributed by atoms with E-state index in [1.165, 1.54) is 18.7 Å². The van der Waals surface area contributed by atoms with Gasteiger partial charge in [-0.3, -0.25) is 9.59 Å². The van der Waals surface area contributed by atoms with E-state index in [1.54, 1.807) is 24.3 Å². The number of para-hydroxylation sites is 2. The van der Waals surface area contributed by atoms with Crippen molar-refractivity contribution in [2.45, 2.75) is 24.3 Å². The number of hydrogen-bond donors (Lipinski definition) is 2. The lowest BCUT2D eigenvalue weighted by atomic mass is 10.2. The van der Waals surface area contributed by atoms with E-state index in [9.17, 15) is 9.59 Å². The van der Waals surface area contributed by atoms with Gasteiger partial charge >= 0.3 is 0 Å². The monoisotopic (exact) mass is 368 g/mol. The zero-order valence-corrected chi connectivity index (χ0v) is 15.6. The van der Waals surface area contributed by atoms with Crippen molar-refractivity contribution in [1.82, 2.24) is 9.55 Å². The average molecular weight is 368 g/mol. The number of thioether (sulfide) groups is 1. The quantitative estimate of drug-likeness (QED) is 0.674. The summed E-state index contributed by atoms with van der Waals surface area (Å²) >= 11 is 1.41. The molecule has 0 spiro atoms. The molecule has 2 N–H and O–H groups in total. The third-order valence-electron chi connectivity index (χ3n) is 3.85. The van der Waals surface area contributed by atoms with Crippen LogP contribution in [-0.4, -0.2) is 26.6 Å². The number of aromatic nitrogens is 2. The van der Waals surface area contributed by atoms with Crippen LogP contribution in [-0.2, 0) is 16.6 Å². The number of nitrogens with zero attached hydrogens (tertiary/aromatic N) is 2. The molecule has 0 saturated heterocycles. The van der Waals surface area contributed by atoms with Gasteiger partial charge in [0.1, 0.15) is 0 Å². The van der Waals surface area contributed by atoms with Crippen LogP contribution < -0.4 is 10.6 Å². The average Bonchev–Trinajstić information content (AvgIpc) is 2.91. The number of rotatable bonds is 5. The molecule has 1 aromatic heterocycles. The smallest absolute Gasteiger partial charge is 0.237 e. The third-order valence-corrected chi connectivity index (χ3v) is 4.99. The summed E-state index contributed by atoms with van der Waals surface area (Å²) in [6.45, 7) is 3.29. The Kier molecular flexibility index (Phi) is 5.27. The van der Waals surface area contributed by atoms with E-state index in [2.05, 4.69) is 15.6 Å². The maximum atomic E-state index is 12.5. The Balaban J connectivity index is 1.69. The molecule has 2 amide bonds. The largest absolute Gasteiger partial charge is 0.326 e. The van der Waals surface area contributed by atoms with Gasteiger partial charge in [0.15, 0.2) is 5.16 Å². The van der Waals surface area contributed by atoms with Crippen molar-refractivity contribution in [3.05, 3.63) is 48.5 Å². The number of fused-ring (bicyclic) bond motifs is 1. The van der Waals surface area contributed by atoms with Gasteiger partial charge in [-0.05, 0) is 37.3 Å². The number of hydrogen-bond acceptors (Lipinski definition) is 4. The van der Waals surface area contributed by atoms with Crippen molar-refractivity contribution in [2.24, 2.45) is 7.05 Å². The summed E-state index contributed by atoms with van der Waals surface area (Å²) in [6, 6.07) is 14.9. The molecule has 26 heavy (non-hydrogen) atoms. The van der Waals surface area contributed by atoms with Gasteiger partial charge in [0.05, 0.1) is 16.3 Å². The third kappa shape index (κ3) is 4.05. The van der Waals surface area contributed by atoms with Crippen LogP contribution in [0, 0.1) is 0 Å². The first-order valence-corrected chi connectivity index (χ1v) is 9.08. The first kappa shape index (κ1) is 18.0. The number of aryl methyl sites for hydroxylation is 1. The van der Waals surface area contributed by atoms with Crippen LogP contribution in [0.5, 0.6) is 0 Å². The van der Waals surface area contributed by atoms with E-state index >= 15 is 0 Å². The molecule has 0 fully saturated rings. The van der Waals surface area contributed by atoms with Crippen LogP contribution >= 0.6 is 11.8 Å². The lowest BCUT2D eigenvalue weighted by Gasteiger charge is -2.12. The SMILES string of the molecule is CC(=O)Nc1cccc(NC(=O)C(C)Sc2nc3ccccc3n2C)c1. The molecule has 1 atom stereocenters. The topological polar surface area (TPSA) is 76.0 Å². The number of benzene rings is 2. The van der Waals surface area contributed by atoms with Crippen LogP contribution in [0.4, 0.5) is 11.4 Å². The summed E-state index contributed by atoms with van der Waals surface area (Å²) in [5, 5.41) is 6.05. The van der Waals surface area contributed by atoms with Crippen molar-refractivity contribution in [3.8, 4) is 0 Å². The lowest BCUT2D eigenvalue weighted by Crippen LogP contribution is -2.22. The normalized spacial score (nSPS) is 12.0. The van der Waals surface area contributed by atoms with E-state index in [1.807, 2.05) is 42.8 Å². The van der Waals surface area contributed by atoms with Crippen LogP contribution in [0.1, 0.15) is 13.8 Å². The van der Waals surface area contributed by atoms with Crippen molar-refractivity contribution in [1.29, 1.82) is 0 Å². The number of carbonyl (C=O) groups is 2. The molecule has 7 heteroatoms. The fourth-order valence-corrected chi connectivity index (χ4v) is 3.45. The lowest BCUT2D eigenvalue weighted by molar-refractivity contribution is -0.115. The molecule has 0 aliphatic carbocycles. The van der Waals surface area contributed by atoms with Crippen molar-refractivity contribution < 1.29 is 9.59 Å². The first-order valence-electron chi connectivity index (χ1n) is 8.20. The molecule has 2 aromatic carbocycles. The Labute approximate surface area is 156 Å². The van der Waals surface area contributed by atoms with E-state index in [-0.39, 0.29) is 17.1 Å². The van der Waals surface area contributed by atoms with Gasteiger partial charge in [-0.25, -0.2) is 4.98 Å². The second kappa shape index (κ2) is 7.61. The first-order chi connectivity index (χ1) is 12.4. The van der Waals surface area contributed by atoms with E-state index in [4.69, 9.17) is 0 Å². The van der Waals surface area contributed by atoms with Gasteiger partial charge in [0.25, 0.3) is 0 Å².